The molecule has 2 aliphatic rings. The average Bonchev–Trinajstić information content (AvgIpc) is 2.69. The van der Waals surface area contributed by atoms with E-state index < -0.39 is 0 Å². The van der Waals surface area contributed by atoms with Crippen molar-refractivity contribution in [1.82, 2.24) is 0 Å². The molecule has 3 heteroatoms. The Balaban J connectivity index is 1.75. The Labute approximate surface area is 165 Å². The van der Waals surface area contributed by atoms with Crippen LogP contribution >= 0.6 is 12.6 Å². The third-order valence-electron chi connectivity index (χ3n) is 5.74. The maximum Gasteiger partial charge on any atom is 0.0495 e. The lowest BCUT2D eigenvalue weighted by molar-refractivity contribution is 1.13. The average molecular weight is 369 g/mol. The first-order chi connectivity index (χ1) is 13.0. The fourth-order valence-electron chi connectivity index (χ4n) is 4.24. The molecule has 132 valence electrons. The zero-order valence-corrected chi connectivity index (χ0v) is 16.3. The van der Waals surface area contributed by atoms with Gasteiger partial charge in [0.2, 0.25) is 0 Å². The first-order valence-electron chi connectivity index (χ1n) is 8.94. The van der Waals surface area contributed by atoms with Gasteiger partial charge in [0.05, 0.1) is 0 Å². The van der Waals surface area contributed by atoms with Crippen LogP contribution in [0.3, 0.4) is 0 Å². The second kappa shape index (κ2) is 5.54. The SMILES string of the molecule is C=C1c2ccccc2N(C)c2cc3c(cc21)N(C)c1ccc(S)cc1C3=C. The Kier molecular flexibility index (Phi) is 3.34. The number of nitrogens with zero attached hydrogens (tertiary/aromatic N) is 2. The summed E-state index contributed by atoms with van der Waals surface area (Å²) in [7, 11) is 4.23. The number of hydrogen-bond donors (Lipinski definition) is 1. The van der Waals surface area contributed by atoms with Crippen LogP contribution in [0.15, 0.2) is 72.7 Å². The number of thiol groups is 1. The van der Waals surface area contributed by atoms with Gasteiger partial charge < -0.3 is 9.80 Å². The molecule has 0 radical (unpaired) electrons. The second-order valence-electron chi connectivity index (χ2n) is 7.18. The minimum atomic E-state index is 0.948. The molecule has 0 aliphatic carbocycles. The largest absolute Gasteiger partial charge is 0.344 e. The van der Waals surface area contributed by atoms with E-state index in [-0.39, 0.29) is 0 Å². The Morgan fingerprint density at radius 2 is 1.15 bits per heavy atom. The molecular weight excluding hydrogens is 348 g/mol. The number of rotatable bonds is 0. The molecule has 0 saturated heterocycles. The molecule has 0 saturated carbocycles. The van der Waals surface area contributed by atoms with Gasteiger partial charge in [0.15, 0.2) is 0 Å². The van der Waals surface area contributed by atoms with Gasteiger partial charge in [-0.15, -0.1) is 12.6 Å². The van der Waals surface area contributed by atoms with Crippen molar-refractivity contribution in [1.29, 1.82) is 0 Å². The van der Waals surface area contributed by atoms with Crippen molar-refractivity contribution >= 4 is 46.5 Å². The zero-order chi connectivity index (χ0) is 18.9. The van der Waals surface area contributed by atoms with Crippen molar-refractivity contribution in [3.8, 4) is 0 Å². The van der Waals surface area contributed by atoms with Crippen molar-refractivity contribution in [2.75, 3.05) is 23.9 Å². The normalized spacial score (nSPS) is 14.5. The number of benzene rings is 3. The van der Waals surface area contributed by atoms with Gasteiger partial charge in [-0.25, -0.2) is 0 Å². The summed E-state index contributed by atoms with van der Waals surface area (Å²) in [5.41, 5.74) is 11.4. The van der Waals surface area contributed by atoms with E-state index in [1.54, 1.807) is 0 Å². The van der Waals surface area contributed by atoms with Gasteiger partial charge in [-0.05, 0) is 47.5 Å². The van der Waals surface area contributed by atoms with E-state index >= 15 is 0 Å². The van der Waals surface area contributed by atoms with Gasteiger partial charge in [0.1, 0.15) is 0 Å². The first-order valence-corrected chi connectivity index (χ1v) is 9.39. The fourth-order valence-corrected chi connectivity index (χ4v) is 4.45. The van der Waals surface area contributed by atoms with Crippen molar-refractivity contribution in [3.63, 3.8) is 0 Å². The third kappa shape index (κ3) is 2.15. The Morgan fingerprint density at radius 3 is 1.81 bits per heavy atom. The van der Waals surface area contributed by atoms with Gasteiger partial charge in [0.25, 0.3) is 0 Å². The molecule has 0 spiro atoms. The topological polar surface area (TPSA) is 6.48 Å². The van der Waals surface area contributed by atoms with Crippen LogP contribution in [0, 0.1) is 0 Å². The van der Waals surface area contributed by atoms with Crippen molar-refractivity contribution in [3.05, 3.63) is 90.0 Å². The highest BCUT2D eigenvalue weighted by molar-refractivity contribution is 7.80. The van der Waals surface area contributed by atoms with E-state index in [9.17, 15) is 0 Å². The number of fused-ring (bicyclic) bond motifs is 4. The van der Waals surface area contributed by atoms with E-state index in [1.807, 2.05) is 6.07 Å². The van der Waals surface area contributed by atoms with E-state index in [0.29, 0.717) is 0 Å². The highest BCUT2D eigenvalue weighted by Gasteiger charge is 2.29. The predicted molar refractivity (Wildman–Crippen MR) is 119 cm³/mol. The molecule has 2 heterocycles. The molecule has 27 heavy (non-hydrogen) atoms. The smallest absolute Gasteiger partial charge is 0.0495 e. The molecule has 0 unspecified atom stereocenters. The minimum absolute atomic E-state index is 0.948. The van der Waals surface area contributed by atoms with Crippen LogP contribution in [0.25, 0.3) is 11.1 Å². The van der Waals surface area contributed by atoms with E-state index in [0.717, 1.165) is 44.2 Å². The molecule has 0 bridgehead atoms. The Bertz CT molecular complexity index is 1160. The van der Waals surface area contributed by atoms with Crippen LogP contribution in [0.5, 0.6) is 0 Å². The summed E-state index contributed by atoms with van der Waals surface area (Å²) in [6.07, 6.45) is 0. The van der Waals surface area contributed by atoms with Crippen molar-refractivity contribution in [2.45, 2.75) is 4.90 Å². The van der Waals surface area contributed by atoms with E-state index in [2.05, 4.69) is 98.2 Å². The summed E-state index contributed by atoms with van der Waals surface area (Å²) in [6, 6.07) is 19.2. The molecule has 3 aromatic carbocycles. The maximum absolute atomic E-state index is 4.52. The molecular formula is C24H20N2S. The van der Waals surface area contributed by atoms with Gasteiger partial charge in [0, 0.05) is 64.0 Å². The zero-order valence-electron chi connectivity index (χ0n) is 15.5. The fraction of sp³-hybridized carbons (Fsp3) is 0.0833. The number of hydrogen-bond acceptors (Lipinski definition) is 3. The quantitative estimate of drug-likeness (QED) is 0.468. The Morgan fingerprint density at radius 1 is 0.630 bits per heavy atom. The summed E-state index contributed by atoms with van der Waals surface area (Å²) < 4.78 is 0. The van der Waals surface area contributed by atoms with Crippen LogP contribution in [0.2, 0.25) is 0 Å². The lowest BCUT2D eigenvalue weighted by Gasteiger charge is -2.36. The molecule has 5 rings (SSSR count). The lowest BCUT2D eigenvalue weighted by atomic mass is 9.85. The van der Waals surface area contributed by atoms with Crippen LogP contribution in [0.4, 0.5) is 22.7 Å². The van der Waals surface area contributed by atoms with Crippen LogP contribution in [0.1, 0.15) is 22.3 Å². The monoisotopic (exact) mass is 368 g/mol. The van der Waals surface area contributed by atoms with Crippen molar-refractivity contribution in [2.24, 2.45) is 0 Å². The summed E-state index contributed by atoms with van der Waals surface area (Å²) >= 11 is 4.52. The second-order valence-corrected chi connectivity index (χ2v) is 7.70. The molecule has 2 aliphatic heterocycles. The highest BCUT2D eigenvalue weighted by atomic mass is 32.1. The third-order valence-corrected chi connectivity index (χ3v) is 6.02. The summed E-state index contributed by atoms with van der Waals surface area (Å²) in [5, 5.41) is 0. The number of anilines is 4. The molecule has 0 fully saturated rings. The Hall–Kier alpha value is -2.91. The van der Waals surface area contributed by atoms with Crippen LogP contribution in [-0.4, -0.2) is 14.1 Å². The van der Waals surface area contributed by atoms with Crippen molar-refractivity contribution < 1.29 is 0 Å². The van der Waals surface area contributed by atoms with Gasteiger partial charge in [-0.1, -0.05) is 31.4 Å². The maximum atomic E-state index is 4.52. The summed E-state index contributed by atoms with van der Waals surface area (Å²) in [4.78, 5) is 5.43. The van der Waals surface area contributed by atoms with Gasteiger partial charge >= 0.3 is 0 Å². The molecule has 3 aromatic rings. The molecule has 0 N–H and O–H groups in total. The molecule has 2 nitrogen and oxygen atoms in total. The lowest BCUT2D eigenvalue weighted by Crippen LogP contribution is -2.22. The van der Waals surface area contributed by atoms with Crippen LogP contribution < -0.4 is 9.80 Å². The number of para-hydroxylation sites is 1. The predicted octanol–water partition coefficient (Wildman–Crippen LogP) is 6.26. The minimum Gasteiger partial charge on any atom is -0.344 e. The first kappa shape index (κ1) is 16.3. The van der Waals surface area contributed by atoms with Gasteiger partial charge in [-0.2, -0.15) is 0 Å². The molecule has 0 amide bonds. The standard InChI is InChI=1S/C24H20N2S/c1-14-17-7-5-6-8-21(17)25(3)23-13-20-15(2)18-11-16(27)9-10-22(18)26(4)24(20)12-19(14)23/h5-13,27H,1-2H2,3-4H3. The molecule has 0 aromatic heterocycles. The van der Waals surface area contributed by atoms with Crippen LogP contribution in [-0.2, 0) is 0 Å². The summed E-state index contributed by atoms with van der Waals surface area (Å²) in [5.74, 6) is 0. The van der Waals surface area contributed by atoms with E-state index in [1.165, 1.54) is 16.8 Å². The molecule has 0 atom stereocenters. The highest BCUT2D eigenvalue weighted by Crippen LogP contribution is 2.50. The van der Waals surface area contributed by atoms with E-state index in [4.69, 9.17) is 0 Å². The summed E-state index contributed by atoms with van der Waals surface area (Å²) in [6.45, 7) is 8.81. The van der Waals surface area contributed by atoms with Gasteiger partial charge in [-0.3, -0.25) is 0 Å².